The van der Waals surface area contributed by atoms with Crippen molar-refractivity contribution in [1.29, 1.82) is 0 Å². The lowest BCUT2D eigenvalue weighted by Crippen LogP contribution is -2.14. The Balaban J connectivity index is 1.90. The number of hydrogen-bond donors (Lipinski definition) is 1. The molecule has 2 unspecified atom stereocenters. The van der Waals surface area contributed by atoms with Crippen LogP contribution in [0.5, 0.6) is 0 Å². The highest BCUT2D eigenvalue weighted by Crippen LogP contribution is 2.38. The average Bonchev–Trinajstić information content (AvgIpc) is 2.76. The van der Waals surface area contributed by atoms with Gasteiger partial charge in [-0.05, 0) is 18.1 Å². The molecule has 0 saturated heterocycles. The molecule has 2 atom stereocenters. The quantitative estimate of drug-likeness (QED) is 0.651. The standard InChI is InChI=1S/C9H13N3OS2/c1-3-14-9-12-11-8(15-9)10-7(13)6-4-5(6)2/h5-6H,3-4H2,1-2H3,(H,10,11,13). The molecule has 1 N–H and O–H groups in total. The topological polar surface area (TPSA) is 54.9 Å². The van der Waals surface area contributed by atoms with Gasteiger partial charge in [0.2, 0.25) is 11.0 Å². The predicted molar refractivity (Wildman–Crippen MR) is 62.2 cm³/mol. The molecule has 15 heavy (non-hydrogen) atoms. The molecule has 1 saturated carbocycles. The van der Waals surface area contributed by atoms with Gasteiger partial charge in [0, 0.05) is 5.92 Å². The van der Waals surface area contributed by atoms with Gasteiger partial charge in [0.15, 0.2) is 4.34 Å². The Morgan fingerprint density at radius 1 is 1.67 bits per heavy atom. The fourth-order valence-electron chi connectivity index (χ4n) is 1.33. The molecule has 1 aromatic heterocycles. The first-order valence-electron chi connectivity index (χ1n) is 4.98. The first-order valence-corrected chi connectivity index (χ1v) is 6.78. The third-order valence-corrected chi connectivity index (χ3v) is 4.20. The van der Waals surface area contributed by atoms with Gasteiger partial charge in [-0.3, -0.25) is 4.79 Å². The molecule has 1 amide bonds. The Bertz CT molecular complexity index is 366. The number of thioether (sulfide) groups is 1. The summed E-state index contributed by atoms with van der Waals surface area (Å²) < 4.78 is 0.914. The van der Waals surface area contributed by atoms with Crippen LogP contribution in [0, 0.1) is 11.8 Å². The maximum absolute atomic E-state index is 11.6. The molecule has 1 heterocycles. The van der Waals surface area contributed by atoms with Crippen molar-refractivity contribution in [1.82, 2.24) is 10.2 Å². The van der Waals surface area contributed by atoms with E-state index < -0.39 is 0 Å². The van der Waals surface area contributed by atoms with Crippen molar-refractivity contribution < 1.29 is 4.79 Å². The van der Waals surface area contributed by atoms with Crippen molar-refractivity contribution in [3.63, 3.8) is 0 Å². The van der Waals surface area contributed by atoms with Crippen molar-refractivity contribution in [2.75, 3.05) is 11.1 Å². The Hall–Kier alpha value is -0.620. The van der Waals surface area contributed by atoms with Crippen molar-refractivity contribution >= 4 is 34.1 Å². The molecule has 6 heteroatoms. The molecular formula is C9H13N3OS2. The van der Waals surface area contributed by atoms with Crippen LogP contribution < -0.4 is 5.32 Å². The van der Waals surface area contributed by atoms with Gasteiger partial charge in [-0.25, -0.2) is 0 Å². The molecular weight excluding hydrogens is 230 g/mol. The number of hydrogen-bond acceptors (Lipinski definition) is 5. The van der Waals surface area contributed by atoms with Crippen molar-refractivity contribution in [3.8, 4) is 0 Å². The molecule has 82 valence electrons. The molecule has 1 aliphatic carbocycles. The zero-order valence-corrected chi connectivity index (χ0v) is 10.3. The van der Waals surface area contributed by atoms with E-state index in [9.17, 15) is 4.79 Å². The number of aromatic nitrogens is 2. The maximum Gasteiger partial charge on any atom is 0.229 e. The molecule has 4 nitrogen and oxygen atoms in total. The molecule has 0 spiro atoms. The van der Waals surface area contributed by atoms with E-state index in [1.807, 2.05) is 0 Å². The fourth-order valence-corrected chi connectivity index (χ4v) is 2.98. The van der Waals surface area contributed by atoms with Gasteiger partial charge in [-0.1, -0.05) is 36.9 Å². The highest BCUT2D eigenvalue weighted by molar-refractivity contribution is 8.01. The molecule has 1 aliphatic rings. The monoisotopic (exact) mass is 243 g/mol. The molecule has 2 rings (SSSR count). The maximum atomic E-state index is 11.6. The highest BCUT2D eigenvalue weighted by atomic mass is 32.2. The lowest BCUT2D eigenvalue weighted by Gasteiger charge is -1.97. The number of carbonyl (C=O) groups is 1. The summed E-state index contributed by atoms with van der Waals surface area (Å²) in [6.07, 6.45) is 1.00. The van der Waals surface area contributed by atoms with Crippen molar-refractivity contribution in [2.45, 2.75) is 24.6 Å². The normalized spacial score (nSPS) is 23.9. The zero-order chi connectivity index (χ0) is 10.8. The first kappa shape index (κ1) is 10.9. The third-order valence-electron chi connectivity index (χ3n) is 2.35. The minimum atomic E-state index is 0.0895. The highest BCUT2D eigenvalue weighted by Gasteiger charge is 2.39. The number of amides is 1. The number of rotatable bonds is 4. The lowest BCUT2D eigenvalue weighted by atomic mass is 10.3. The van der Waals surface area contributed by atoms with Crippen LogP contribution >= 0.6 is 23.1 Å². The second-order valence-electron chi connectivity index (χ2n) is 3.61. The predicted octanol–water partition coefficient (Wildman–Crippen LogP) is 2.24. The Labute approximate surface area is 96.9 Å². The number of anilines is 1. The Morgan fingerprint density at radius 3 is 3.00 bits per heavy atom. The first-order chi connectivity index (χ1) is 7.20. The van der Waals surface area contributed by atoms with Crippen LogP contribution in [0.25, 0.3) is 0 Å². The number of nitrogens with one attached hydrogen (secondary N) is 1. The van der Waals surface area contributed by atoms with Crippen LogP contribution in [0.2, 0.25) is 0 Å². The summed E-state index contributed by atoms with van der Waals surface area (Å²) in [6.45, 7) is 4.15. The molecule has 0 aliphatic heterocycles. The van der Waals surface area contributed by atoms with Gasteiger partial charge in [0.05, 0.1) is 0 Å². The molecule has 1 aromatic rings. The summed E-state index contributed by atoms with van der Waals surface area (Å²) in [6, 6.07) is 0. The van der Waals surface area contributed by atoms with Crippen LogP contribution in [0.15, 0.2) is 4.34 Å². The Kier molecular flexibility index (Phi) is 3.25. The van der Waals surface area contributed by atoms with Crippen LogP contribution in [0.4, 0.5) is 5.13 Å². The smallest absolute Gasteiger partial charge is 0.229 e. The van der Waals surface area contributed by atoms with Crippen molar-refractivity contribution in [2.24, 2.45) is 11.8 Å². The minimum absolute atomic E-state index is 0.0895. The van der Waals surface area contributed by atoms with Crippen LogP contribution in [-0.4, -0.2) is 21.9 Å². The second-order valence-corrected chi connectivity index (χ2v) is 6.10. The second kappa shape index (κ2) is 4.49. The van der Waals surface area contributed by atoms with Crippen molar-refractivity contribution in [3.05, 3.63) is 0 Å². The van der Waals surface area contributed by atoms with Gasteiger partial charge >= 0.3 is 0 Å². The van der Waals surface area contributed by atoms with E-state index in [-0.39, 0.29) is 11.8 Å². The minimum Gasteiger partial charge on any atom is -0.300 e. The largest absolute Gasteiger partial charge is 0.300 e. The molecule has 0 aromatic carbocycles. The average molecular weight is 243 g/mol. The van der Waals surface area contributed by atoms with E-state index in [1.165, 1.54) is 11.3 Å². The summed E-state index contributed by atoms with van der Waals surface area (Å²) in [5.41, 5.74) is 0. The van der Waals surface area contributed by atoms with E-state index in [1.54, 1.807) is 11.8 Å². The summed E-state index contributed by atoms with van der Waals surface area (Å²) in [5, 5.41) is 11.3. The van der Waals surface area contributed by atoms with Gasteiger partial charge in [-0.15, -0.1) is 10.2 Å². The van der Waals surface area contributed by atoms with E-state index in [2.05, 4.69) is 29.4 Å². The van der Waals surface area contributed by atoms with E-state index in [0.717, 1.165) is 16.5 Å². The zero-order valence-electron chi connectivity index (χ0n) is 8.69. The molecule has 0 bridgehead atoms. The third kappa shape index (κ3) is 2.69. The molecule has 0 radical (unpaired) electrons. The fraction of sp³-hybridized carbons (Fsp3) is 0.667. The number of nitrogens with zero attached hydrogens (tertiary/aromatic N) is 2. The molecule has 1 fully saturated rings. The van der Waals surface area contributed by atoms with E-state index >= 15 is 0 Å². The SMILES string of the molecule is CCSc1nnc(NC(=O)C2CC2C)s1. The van der Waals surface area contributed by atoms with Crippen LogP contribution in [-0.2, 0) is 4.79 Å². The summed E-state index contributed by atoms with van der Waals surface area (Å²) in [4.78, 5) is 11.6. The van der Waals surface area contributed by atoms with Gasteiger partial charge < -0.3 is 5.32 Å². The summed E-state index contributed by atoms with van der Waals surface area (Å²) in [7, 11) is 0. The Morgan fingerprint density at radius 2 is 2.40 bits per heavy atom. The van der Waals surface area contributed by atoms with E-state index in [4.69, 9.17) is 0 Å². The van der Waals surface area contributed by atoms with Crippen LogP contribution in [0.3, 0.4) is 0 Å². The summed E-state index contributed by atoms with van der Waals surface area (Å²) in [5.74, 6) is 1.78. The van der Waals surface area contributed by atoms with Gasteiger partial charge in [-0.2, -0.15) is 0 Å². The number of carbonyl (C=O) groups excluding carboxylic acids is 1. The van der Waals surface area contributed by atoms with Gasteiger partial charge in [0.1, 0.15) is 0 Å². The van der Waals surface area contributed by atoms with Gasteiger partial charge in [0.25, 0.3) is 0 Å². The van der Waals surface area contributed by atoms with Crippen LogP contribution in [0.1, 0.15) is 20.3 Å². The lowest BCUT2D eigenvalue weighted by molar-refractivity contribution is -0.117. The van der Waals surface area contributed by atoms with E-state index in [0.29, 0.717) is 11.0 Å². The summed E-state index contributed by atoms with van der Waals surface area (Å²) >= 11 is 3.08.